The Kier molecular flexibility index (Phi) is 8.65. The third kappa shape index (κ3) is 5.68. The lowest BCUT2D eigenvalue weighted by Gasteiger charge is -2.41. The first kappa shape index (κ1) is 27.6. The normalized spacial score (nSPS) is 18.1. The van der Waals surface area contributed by atoms with Crippen LogP contribution in [0.25, 0.3) is 0 Å². The van der Waals surface area contributed by atoms with Crippen LogP contribution in [0.1, 0.15) is 49.3 Å². The smallest absolute Gasteiger partial charge is 0.274 e. The molecule has 3 aromatic rings. The number of carbonyl (C=O) groups is 1. The van der Waals surface area contributed by atoms with Crippen LogP contribution in [0.3, 0.4) is 0 Å². The van der Waals surface area contributed by atoms with Crippen LogP contribution >= 0.6 is 0 Å². The summed E-state index contributed by atoms with van der Waals surface area (Å²) in [4.78, 5) is 30.2. The molecule has 8 heteroatoms. The number of nitrogens with zero attached hydrogens (tertiary/aromatic N) is 3. The van der Waals surface area contributed by atoms with E-state index in [0.29, 0.717) is 25.2 Å². The number of hydrogen-bond acceptors (Lipinski definition) is 6. The summed E-state index contributed by atoms with van der Waals surface area (Å²) in [6.45, 7) is 3.22. The molecule has 1 atom stereocenters. The molecular formula is C32H38N4O4. The molecule has 0 spiro atoms. The summed E-state index contributed by atoms with van der Waals surface area (Å²) >= 11 is 0. The van der Waals surface area contributed by atoms with Crippen LogP contribution in [0, 0.1) is 10.1 Å². The lowest BCUT2D eigenvalue weighted by molar-refractivity contribution is -0.386. The summed E-state index contributed by atoms with van der Waals surface area (Å²) < 4.78 is 5.57. The highest BCUT2D eigenvalue weighted by Gasteiger charge is 2.41. The van der Waals surface area contributed by atoms with Crippen molar-refractivity contribution in [1.29, 1.82) is 0 Å². The summed E-state index contributed by atoms with van der Waals surface area (Å²) in [6, 6.07) is 24.7. The van der Waals surface area contributed by atoms with Gasteiger partial charge in [0.15, 0.2) is 0 Å². The maximum Gasteiger partial charge on any atom is 0.274 e. The van der Waals surface area contributed by atoms with Gasteiger partial charge in [-0.3, -0.25) is 19.8 Å². The minimum Gasteiger partial charge on any atom is -0.495 e. The van der Waals surface area contributed by atoms with Gasteiger partial charge >= 0.3 is 0 Å². The van der Waals surface area contributed by atoms with Gasteiger partial charge in [0.1, 0.15) is 5.75 Å². The average Bonchev–Trinajstić information content (AvgIpc) is 3.02. The molecule has 5 rings (SSSR count). The van der Waals surface area contributed by atoms with E-state index in [1.807, 2.05) is 48.5 Å². The van der Waals surface area contributed by atoms with Crippen molar-refractivity contribution in [2.24, 2.45) is 0 Å². The summed E-state index contributed by atoms with van der Waals surface area (Å²) in [6.07, 6.45) is 4.80. The zero-order chi connectivity index (χ0) is 28.0. The number of nitrogens with one attached hydrogen (secondary N) is 1. The third-order valence-electron chi connectivity index (χ3n) is 8.60. The molecule has 2 fully saturated rings. The molecule has 210 valence electrons. The minimum absolute atomic E-state index is 0.0228. The molecule has 1 aliphatic heterocycles. The maximum absolute atomic E-state index is 14.0. The summed E-state index contributed by atoms with van der Waals surface area (Å²) in [5.74, 6) is 0.854. The van der Waals surface area contributed by atoms with E-state index in [1.165, 1.54) is 0 Å². The largest absolute Gasteiger partial charge is 0.495 e. The van der Waals surface area contributed by atoms with E-state index < -0.39 is 5.41 Å². The number of nitro groups is 1. The molecule has 1 saturated heterocycles. The van der Waals surface area contributed by atoms with E-state index in [-0.39, 0.29) is 22.6 Å². The highest BCUT2D eigenvalue weighted by atomic mass is 16.6. The maximum atomic E-state index is 14.0. The molecule has 1 saturated carbocycles. The molecule has 8 nitrogen and oxygen atoms in total. The number of piperazine rings is 1. The Morgan fingerprint density at radius 3 is 2.27 bits per heavy atom. The lowest BCUT2D eigenvalue weighted by atomic mass is 9.68. The SMILES string of the molecule is COc1ccccc1N1CCN(C(CNC(=O)C2(c3ccccc3)CCCCC2)c2ccccc2[N+](=O)[O-])CC1. The van der Waals surface area contributed by atoms with Crippen molar-refractivity contribution in [3.63, 3.8) is 0 Å². The van der Waals surface area contributed by atoms with Gasteiger partial charge in [0.25, 0.3) is 5.69 Å². The Hall–Kier alpha value is -3.91. The fourth-order valence-corrected chi connectivity index (χ4v) is 6.45. The van der Waals surface area contributed by atoms with Gasteiger partial charge in [0, 0.05) is 44.4 Å². The molecule has 3 aromatic carbocycles. The summed E-state index contributed by atoms with van der Waals surface area (Å²) in [5.41, 5.74) is 2.26. The first-order valence-corrected chi connectivity index (χ1v) is 14.2. The average molecular weight is 543 g/mol. The third-order valence-corrected chi connectivity index (χ3v) is 8.60. The summed E-state index contributed by atoms with van der Waals surface area (Å²) in [5, 5.41) is 15.3. The van der Waals surface area contributed by atoms with Crippen molar-refractivity contribution >= 4 is 17.3 Å². The monoisotopic (exact) mass is 542 g/mol. The van der Waals surface area contributed by atoms with Crippen molar-refractivity contribution < 1.29 is 14.5 Å². The van der Waals surface area contributed by atoms with Crippen molar-refractivity contribution in [2.75, 3.05) is 44.7 Å². The van der Waals surface area contributed by atoms with Crippen LogP contribution in [0.2, 0.25) is 0 Å². The highest BCUT2D eigenvalue weighted by molar-refractivity contribution is 5.88. The van der Waals surface area contributed by atoms with Gasteiger partial charge in [0.05, 0.1) is 29.2 Å². The Morgan fingerprint density at radius 1 is 0.925 bits per heavy atom. The molecule has 0 aromatic heterocycles. The van der Waals surface area contributed by atoms with E-state index in [2.05, 4.69) is 33.3 Å². The number of amides is 1. The van der Waals surface area contributed by atoms with Gasteiger partial charge in [-0.1, -0.05) is 79.9 Å². The number of anilines is 1. The Morgan fingerprint density at radius 2 is 1.57 bits per heavy atom. The Labute approximate surface area is 236 Å². The number of rotatable bonds is 9. The fourth-order valence-electron chi connectivity index (χ4n) is 6.45. The molecule has 1 amide bonds. The van der Waals surface area contributed by atoms with Crippen LogP contribution < -0.4 is 15.0 Å². The van der Waals surface area contributed by atoms with Gasteiger partial charge in [-0.05, 0) is 30.5 Å². The topological polar surface area (TPSA) is 88.0 Å². The van der Waals surface area contributed by atoms with Crippen LogP contribution in [0.5, 0.6) is 5.75 Å². The number of ether oxygens (including phenoxy) is 1. The first-order chi connectivity index (χ1) is 19.5. The lowest BCUT2D eigenvalue weighted by Crippen LogP contribution is -2.52. The molecule has 0 bridgehead atoms. The van der Waals surface area contributed by atoms with Crippen LogP contribution in [0.4, 0.5) is 11.4 Å². The molecule has 1 heterocycles. The first-order valence-electron chi connectivity index (χ1n) is 14.2. The second-order valence-corrected chi connectivity index (χ2v) is 10.7. The number of para-hydroxylation sites is 3. The van der Waals surface area contributed by atoms with Gasteiger partial charge in [-0.25, -0.2) is 0 Å². The molecule has 0 radical (unpaired) electrons. The number of hydrogen-bond donors (Lipinski definition) is 1. The van der Waals surface area contributed by atoms with Crippen molar-refractivity contribution in [3.8, 4) is 5.75 Å². The van der Waals surface area contributed by atoms with Gasteiger partial charge < -0.3 is 15.0 Å². The summed E-state index contributed by atoms with van der Waals surface area (Å²) in [7, 11) is 1.68. The standard InChI is InChI=1S/C32H38N4O4/c1-40-30-17-9-8-16-28(30)34-20-22-35(23-21-34)29(26-14-6-7-15-27(26)36(38)39)24-33-31(37)32(18-10-3-11-19-32)25-12-4-2-5-13-25/h2,4-9,12-17,29H,3,10-11,18-24H2,1H3,(H,33,37). The predicted octanol–water partition coefficient (Wildman–Crippen LogP) is 5.49. The number of benzene rings is 3. The Bertz CT molecular complexity index is 1300. The van der Waals surface area contributed by atoms with Gasteiger partial charge in [-0.15, -0.1) is 0 Å². The highest BCUT2D eigenvalue weighted by Crippen LogP contribution is 2.40. The molecule has 40 heavy (non-hydrogen) atoms. The molecule has 1 unspecified atom stereocenters. The quantitative estimate of drug-likeness (QED) is 0.284. The van der Waals surface area contributed by atoms with E-state index in [4.69, 9.17) is 4.74 Å². The molecule has 1 aliphatic carbocycles. The number of methoxy groups -OCH3 is 1. The van der Waals surface area contributed by atoms with Crippen molar-refractivity contribution in [3.05, 3.63) is 100 Å². The predicted molar refractivity (Wildman–Crippen MR) is 157 cm³/mol. The van der Waals surface area contributed by atoms with E-state index in [9.17, 15) is 14.9 Å². The van der Waals surface area contributed by atoms with Crippen LogP contribution in [-0.2, 0) is 10.2 Å². The fraction of sp³-hybridized carbons (Fsp3) is 0.406. The van der Waals surface area contributed by atoms with Gasteiger partial charge in [-0.2, -0.15) is 0 Å². The number of nitro benzene ring substituents is 1. The zero-order valence-corrected chi connectivity index (χ0v) is 23.1. The van der Waals surface area contributed by atoms with Crippen molar-refractivity contribution in [2.45, 2.75) is 43.6 Å². The number of carbonyl (C=O) groups excluding carboxylic acids is 1. The second-order valence-electron chi connectivity index (χ2n) is 10.7. The van der Waals surface area contributed by atoms with E-state index in [0.717, 1.165) is 62.2 Å². The zero-order valence-electron chi connectivity index (χ0n) is 23.1. The molecule has 1 N–H and O–H groups in total. The minimum atomic E-state index is -0.560. The van der Waals surface area contributed by atoms with Crippen molar-refractivity contribution in [1.82, 2.24) is 10.2 Å². The molecule has 2 aliphatic rings. The van der Waals surface area contributed by atoms with E-state index >= 15 is 0 Å². The molecular weight excluding hydrogens is 504 g/mol. The van der Waals surface area contributed by atoms with E-state index in [1.54, 1.807) is 19.2 Å². The Balaban J connectivity index is 1.38. The van der Waals surface area contributed by atoms with Gasteiger partial charge in [0.2, 0.25) is 5.91 Å². The van der Waals surface area contributed by atoms with Crippen LogP contribution in [-0.4, -0.2) is 55.6 Å². The second kappa shape index (κ2) is 12.5. The van der Waals surface area contributed by atoms with Crippen LogP contribution in [0.15, 0.2) is 78.9 Å².